The number of nitro benzene ring substituents is 1. The van der Waals surface area contributed by atoms with Crippen LogP contribution in [0, 0.1) is 17.0 Å². The molecule has 31 heavy (non-hydrogen) atoms. The smallest absolute Gasteiger partial charge is 0.338 e. The molecule has 0 unspecified atom stereocenters. The van der Waals surface area contributed by atoms with Gasteiger partial charge >= 0.3 is 5.97 Å². The quantitative estimate of drug-likeness (QED) is 0.353. The molecule has 0 atom stereocenters. The maximum Gasteiger partial charge on any atom is 0.338 e. The number of ether oxygens (including phenoxy) is 1. The summed E-state index contributed by atoms with van der Waals surface area (Å²) in [5, 5.41) is 13.5. The molecule has 2 aromatic carbocycles. The van der Waals surface area contributed by atoms with E-state index >= 15 is 0 Å². The van der Waals surface area contributed by atoms with E-state index in [1.54, 1.807) is 20.8 Å². The van der Waals surface area contributed by atoms with Crippen LogP contribution < -0.4 is 5.32 Å². The van der Waals surface area contributed by atoms with E-state index < -0.39 is 33.4 Å². The lowest BCUT2D eigenvalue weighted by molar-refractivity contribution is -0.385. The van der Waals surface area contributed by atoms with Gasteiger partial charge in [0.1, 0.15) is 0 Å². The third kappa shape index (κ3) is 5.86. The number of sulfonamides is 1. The third-order valence-electron chi connectivity index (χ3n) is 4.46. The molecule has 166 valence electrons. The predicted octanol–water partition coefficient (Wildman–Crippen LogP) is 2.73. The highest BCUT2D eigenvalue weighted by Crippen LogP contribution is 2.20. The number of hydrogen-bond acceptors (Lipinski definition) is 7. The SMILES string of the molecule is CCN(CC)S(=O)(=O)c1ccc(NC(=O)COC(=O)c2ccc(C)c([N+](=O)[O-])c2)cc1. The fourth-order valence-corrected chi connectivity index (χ4v) is 4.23. The number of benzene rings is 2. The molecule has 10 nitrogen and oxygen atoms in total. The number of amides is 1. The Labute approximate surface area is 180 Å². The zero-order chi connectivity index (χ0) is 23.2. The Balaban J connectivity index is 1.98. The number of esters is 1. The Hall–Kier alpha value is -3.31. The van der Waals surface area contributed by atoms with Gasteiger partial charge in [0.05, 0.1) is 15.4 Å². The van der Waals surface area contributed by atoms with Gasteiger partial charge in [0, 0.05) is 30.4 Å². The summed E-state index contributed by atoms with van der Waals surface area (Å²) < 4.78 is 31.1. The van der Waals surface area contributed by atoms with Crippen molar-refractivity contribution < 1.29 is 27.7 Å². The van der Waals surface area contributed by atoms with Crippen molar-refractivity contribution in [3.05, 3.63) is 63.7 Å². The zero-order valence-corrected chi connectivity index (χ0v) is 18.1. The summed E-state index contributed by atoms with van der Waals surface area (Å²) in [6.45, 7) is 5.09. The second-order valence-corrected chi connectivity index (χ2v) is 8.43. The molecule has 11 heteroatoms. The molecule has 1 N–H and O–H groups in total. The van der Waals surface area contributed by atoms with Crippen LogP contribution in [0.3, 0.4) is 0 Å². The number of rotatable bonds is 9. The maximum absolute atomic E-state index is 12.5. The topological polar surface area (TPSA) is 136 Å². The lowest BCUT2D eigenvalue weighted by Crippen LogP contribution is -2.30. The first-order chi connectivity index (χ1) is 14.6. The summed E-state index contributed by atoms with van der Waals surface area (Å²) in [4.78, 5) is 34.6. The molecule has 0 saturated heterocycles. The fraction of sp³-hybridized carbons (Fsp3) is 0.300. The van der Waals surface area contributed by atoms with Crippen molar-refractivity contribution in [3.8, 4) is 0 Å². The van der Waals surface area contributed by atoms with Gasteiger partial charge in [0.15, 0.2) is 6.61 Å². The van der Waals surface area contributed by atoms with E-state index in [4.69, 9.17) is 4.74 Å². The molecule has 0 bridgehead atoms. The lowest BCUT2D eigenvalue weighted by Gasteiger charge is -2.18. The molecular weight excluding hydrogens is 426 g/mol. The largest absolute Gasteiger partial charge is 0.452 e. The van der Waals surface area contributed by atoms with Crippen LogP contribution in [0.1, 0.15) is 29.8 Å². The van der Waals surface area contributed by atoms with Crippen LogP contribution >= 0.6 is 0 Å². The van der Waals surface area contributed by atoms with E-state index in [1.165, 1.54) is 40.7 Å². The predicted molar refractivity (Wildman–Crippen MR) is 113 cm³/mol. The molecular formula is C20H23N3O7S. The number of carbonyl (C=O) groups excluding carboxylic acids is 2. The summed E-state index contributed by atoms with van der Waals surface area (Å²) in [6, 6.07) is 9.49. The van der Waals surface area contributed by atoms with Gasteiger partial charge < -0.3 is 10.1 Å². The molecule has 0 aromatic heterocycles. The van der Waals surface area contributed by atoms with Crippen LogP contribution in [0.25, 0.3) is 0 Å². The number of anilines is 1. The molecule has 1 amide bonds. The van der Waals surface area contributed by atoms with Crippen LogP contribution in [0.5, 0.6) is 0 Å². The van der Waals surface area contributed by atoms with Crippen LogP contribution in [0.15, 0.2) is 47.4 Å². The Morgan fingerprint density at radius 3 is 2.26 bits per heavy atom. The van der Waals surface area contributed by atoms with Crippen molar-refractivity contribution in [2.24, 2.45) is 0 Å². The Morgan fingerprint density at radius 2 is 1.71 bits per heavy atom. The second kappa shape index (κ2) is 10.1. The van der Waals surface area contributed by atoms with Gasteiger partial charge in [-0.1, -0.05) is 19.9 Å². The number of carbonyl (C=O) groups is 2. The molecule has 0 radical (unpaired) electrons. The fourth-order valence-electron chi connectivity index (χ4n) is 2.77. The van der Waals surface area contributed by atoms with Crippen molar-refractivity contribution in [1.82, 2.24) is 4.31 Å². The highest BCUT2D eigenvalue weighted by molar-refractivity contribution is 7.89. The van der Waals surface area contributed by atoms with E-state index in [1.807, 2.05) is 0 Å². The summed E-state index contributed by atoms with van der Waals surface area (Å²) in [6.07, 6.45) is 0. The molecule has 2 rings (SSSR count). The third-order valence-corrected chi connectivity index (χ3v) is 6.52. The lowest BCUT2D eigenvalue weighted by atomic mass is 10.1. The van der Waals surface area contributed by atoms with Gasteiger partial charge in [-0.05, 0) is 37.3 Å². The van der Waals surface area contributed by atoms with Crippen LogP contribution in [-0.2, 0) is 19.6 Å². The summed E-state index contributed by atoms with van der Waals surface area (Å²) in [5.41, 5.74) is 0.450. The van der Waals surface area contributed by atoms with E-state index in [0.717, 1.165) is 6.07 Å². The van der Waals surface area contributed by atoms with E-state index in [9.17, 15) is 28.1 Å². The zero-order valence-electron chi connectivity index (χ0n) is 17.3. The van der Waals surface area contributed by atoms with Crippen molar-refractivity contribution >= 4 is 33.3 Å². The van der Waals surface area contributed by atoms with Gasteiger partial charge in [-0.15, -0.1) is 0 Å². The summed E-state index contributed by atoms with van der Waals surface area (Å²) >= 11 is 0. The van der Waals surface area contributed by atoms with Crippen molar-refractivity contribution in [3.63, 3.8) is 0 Å². The average Bonchev–Trinajstić information content (AvgIpc) is 2.73. The van der Waals surface area contributed by atoms with E-state index in [-0.39, 0.29) is 16.1 Å². The number of nitrogens with zero attached hydrogens (tertiary/aromatic N) is 2. The minimum Gasteiger partial charge on any atom is -0.452 e. The van der Waals surface area contributed by atoms with Gasteiger partial charge in [-0.3, -0.25) is 14.9 Å². The minimum absolute atomic E-state index is 0.0453. The first kappa shape index (κ1) is 24.0. The van der Waals surface area contributed by atoms with Gasteiger partial charge in [-0.2, -0.15) is 4.31 Å². The highest BCUT2D eigenvalue weighted by atomic mass is 32.2. The molecule has 2 aromatic rings. The van der Waals surface area contributed by atoms with E-state index in [0.29, 0.717) is 24.3 Å². The summed E-state index contributed by atoms with van der Waals surface area (Å²) in [7, 11) is -3.61. The number of nitrogens with one attached hydrogen (secondary N) is 1. The summed E-state index contributed by atoms with van der Waals surface area (Å²) in [5.74, 6) is -1.52. The molecule has 0 aliphatic rings. The first-order valence-electron chi connectivity index (χ1n) is 9.42. The molecule has 0 heterocycles. The maximum atomic E-state index is 12.5. The van der Waals surface area contributed by atoms with Gasteiger partial charge in [0.2, 0.25) is 10.0 Å². The molecule has 0 spiro atoms. The Kier molecular flexibility index (Phi) is 7.83. The Bertz CT molecular complexity index is 1080. The number of hydrogen-bond donors (Lipinski definition) is 1. The monoisotopic (exact) mass is 449 g/mol. The molecule has 0 saturated carbocycles. The molecule has 0 aliphatic carbocycles. The highest BCUT2D eigenvalue weighted by Gasteiger charge is 2.21. The van der Waals surface area contributed by atoms with Crippen molar-refractivity contribution in [2.45, 2.75) is 25.7 Å². The average molecular weight is 449 g/mol. The van der Waals surface area contributed by atoms with Gasteiger partial charge in [-0.25, -0.2) is 13.2 Å². The van der Waals surface area contributed by atoms with Crippen molar-refractivity contribution in [2.75, 3.05) is 25.0 Å². The Morgan fingerprint density at radius 1 is 1.10 bits per heavy atom. The van der Waals surface area contributed by atoms with Crippen LogP contribution in [0.4, 0.5) is 11.4 Å². The first-order valence-corrected chi connectivity index (χ1v) is 10.9. The van der Waals surface area contributed by atoms with Crippen LogP contribution in [-0.4, -0.2) is 49.2 Å². The number of nitro groups is 1. The minimum atomic E-state index is -3.61. The number of aryl methyl sites for hydroxylation is 1. The standard InChI is InChI=1S/C20H23N3O7S/c1-4-22(5-2)31(28,29)17-10-8-16(9-11-17)21-19(24)13-30-20(25)15-7-6-14(3)18(12-15)23(26)27/h6-12H,4-5,13H2,1-3H3,(H,21,24). The molecule has 0 aliphatic heterocycles. The van der Waals surface area contributed by atoms with Gasteiger partial charge in [0.25, 0.3) is 11.6 Å². The normalized spacial score (nSPS) is 11.2. The van der Waals surface area contributed by atoms with Crippen molar-refractivity contribution in [1.29, 1.82) is 0 Å². The van der Waals surface area contributed by atoms with E-state index in [2.05, 4.69) is 5.32 Å². The molecule has 0 fully saturated rings. The van der Waals surface area contributed by atoms with Crippen LogP contribution in [0.2, 0.25) is 0 Å². The second-order valence-electron chi connectivity index (χ2n) is 6.50.